The lowest BCUT2D eigenvalue weighted by Crippen LogP contribution is -2.22. The predicted molar refractivity (Wildman–Crippen MR) is 80.5 cm³/mol. The first-order chi connectivity index (χ1) is 9.04. The third kappa shape index (κ3) is 5.81. The van der Waals surface area contributed by atoms with E-state index in [-0.39, 0.29) is 11.9 Å². The summed E-state index contributed by atoms with van der Waals surface area (Å²) in [5, 5.41) is 4.60. The number of primary amides is 1. The summed E-state index contributed by atoms with van der Waals surface area (Å²) in [6.45, 7) is 2.97. The lowest BCUT2D eigenvalue weighted by Gasteiger charge is -2.18. The highest BCUT2D eigenvalue weighted by Gasteiger charge is 2.10. The average molecular weight is 303 g/mol. The van der Waals surface area contributed by atoms with Crippen molar-refractivity contribution < 1.29 is 4.79 Å². The first-order valence-electron chi connectivity index (χ1n) is 6.51. The Kier molecular flexibility index (Phi) is 7.21. The van der Waals surface area contributed by atoms with E-state index in [1.54, 1.807) is 0 Å². The molecule has 19 heavy (non-hydrogen) atoms. The highest BCUT2D eigenvalue weighted by Crippen LogP contribution is 2.26. The summed E-state index contributed by atoms with van der Waals surface area (Å²) in [5.41, 5.74) is 6.23. The second-order valence-corrected chi connectivity index (χ2v) is 5.33. The molecule has 0 radical (unpaired) electrons. The van der Waals surface area contributed by atoms with Gasteiger partial charge in [-0.05, 0) is 43.5 Å². The Balaban J connectivity index is 2.44. The van der Waals surface area contributed by atoms with Crippen LogP contribution in [0.1, 0.15) is 44.2 Å². The number of carbonyl (C=O) groups excluding carboxylic acids is 1. The van der Waals surface area contributed by atoms with Crippen molar-refractivity contribution in [2.75, 3.05) is 6.54 Å². The average Bonchev–Trinajstić information content (AvgIpc) is 2.37. The van der Waals surface area contributed by atoms with Crippen LogP contribution >= 0.6 is 23.2 Å². The summed E-state index contributed by atoms with van der Waals surface area (Å²) in [7, 11) is 0. The molecule has 1 rings (SSSR count). The number of hydrogen-bond acceptors (Lipinski definition) is 2. The van der Waals surface area contributed by atoms with Gasteiger partial charge < -0.3 is 11.1 Å². The summed E-state index contributed by atoms with van der Waals surface area (Å²) < 4.78 is 0. The van der Waals surface area contributed by atoms with Crippen molar-refractivity contribution >= 4 is 29.1 Å². The molecule has 0 aliphatic rings. The molecule has 0 saturated heterocycles. The van der Waals surface area contributed by atoms with E-state index in [2.05, 4.69) is 12.2 Å². The highest BCUT2D eigenvalue weighted by atomic mass is 35.5. The van der Waals surface area contributed by atoms with E-state index in [9.17, 15) is 4.79 Å². The molecule has 0 saturated carbocycles. The number of nitrogens with one attached hydrogen (secondary N) is 1. The molecule has 1 atom stereocenters. The van der Waals surface area contributed by atoms with Crippen molar-refractivity contribution in [1.29, 1.82) is 0 Å². The van der Waals surface area contributed by atoms with Crippen LogP contribution < -0.4 is 11.1 Å². The van der Waals surface area contributed by atoms with Gasteiger partial charge in [0, 0.05) is 12.5 Å². The monoisotopic (exact) mass is 302 g/mol. The van der Waals surface area contributed by atoms with Gasteiger partial charge in [-0.2, -0.15) is 0 Å². The van der Waals surface area contributed by atoms with E-state index in [0.717, 1.165) is 31.4 Å². The van der Waals surface area contributed by atoms with Crippen LogP contribution in [0.3, 0.4) is 0 Å². The molecule has 0 aromatic heterocycles. The number of carbonyl (C=O) groups is 1. The molecular weight excluding hydrogens is 283 g/mol. The maximum Gasteiger partial charge on any atom is 0.217 e. The smallest absolute Gasteiger partial charge is 0.217 e. The van der Waals surface area contributed by atoms with Crippen molar-refractivity contribution in [3.05, 3.63) is 33.8 Å². The van der Waals surface area contributed by atoms with Crippen LogP contribution in [0, 0.1) is 0 Å². The number of nitrogens with two attached hydrogens (primary N) is 1. The topological polar surface area (TPSA) is 55.1 Å². The number of amides is 1. The van der Waals surface area contributed by atoms with Gasteiger partial charge in [-0.3, -0.25) is 4.79 Å². The first-order valence-corrected chi connectivity index (χ1v) is 7.26. The van der Waals surface area contributed by atoms with Crippen LogP contribution in [0.5, 0.6) is 0 Å². The maximum absolute atomic E-state index is 10.6. The zero-order valence-corrected chi connectivity index (χ0v) is 12.6. The molecule has 3 nitrogen and oxygen atoms in total. The minimum atomic E-state index is -0.239. The van der Waals surface area contributed by atoms with Crippen LogP contribution in [0.2, 0.25) is 10.0 Å². The molecule has 1 aromatic rings. The maximum atomic E-state index is 10.6. The number of hydrogen-bond donors (Lipinski definition) is 2. The second-order valence-electron chi connectivity index (χ2n) is 4.51. The minimum Gasteiger partial charge on any atom is -0.370 e. The van der Waals surface area contributed by atoms with E-state index in [1.165, 1.54) is 0 Å². The first kappa shape index (κ1) is 16.3. The van der Waals surface area contributed by atoms with Crippen LogP contribution in [0.15, 0.2) is 18.2 Å². The van der Waals surface area contributed by atoms with Gasteiger partial charge in [0.1, 0.15) is 0 Å². The van der Waals surface area contributed by atoms with E-state index in [1.807, 2.05) is 18.2 Å². The van der Waals surface area contributed by atoms with Crippen LogP contribution in [0.4, 0.5) is 0 Å². The Labute approximate surface area is 124 Å². The summed E-state index contributed by atoms with van der Waals surface area (Å²) in [6.07, 6.45) is 3.17. The summed E-state index contributed by atoms with van der Waals surface area (Å²) in [6, 6.07) is 5.95. The molecule has 0 bridgehead atoms. The second kappa shape index (κ2) is 8.41. The van der Waals surface area contributed by atoms with Crippen LogP contribution in [0.25, 0.3) is 0 Å². The molecule has 1 unspecified atom stereocenters. The fraction of sp³-hybridized carbons (Fsp3) is 0.500. The standard InChI is InChI=1S/C14H20Cl2N2O/c1-2-13(18-8-4-3-5-14(17)19)10-6-7-11(15)12(16)9-10/h6-7,9,13,18H,2-5,8H2,1H3,(H2,17,19). The molecule has 0 aliphatic heterocycles. The molecule has 0 fully saturated rings. The Bertz CT molecular complexity index is 424. The van der Waals surface area contributed by atoms with Crippen molar-refractivity contribution in [1.82, 2.24) is 5.32 Å². The van der Waals surface area contributed by atoms with Gasteiger partial charge in [-0.25, -0.2) is 0 Å². The summed E-state index contributed by atoms with van der Waals surface area (Å²) in [5.74, 6) is -0.239. The van der Waals surface area contributed by atoms with Gasteiger partial charge in [0.2, 0.25) is 5.91 Å². The molecule has 1 aromatic carbocycles. The Morgan fingerprint density at radius 3 is 2.63 bits per heavy atom. The summed E-state index contributed by atoms with van der Waals surface area (Å²) >= 11 is 11.9. The number of rotatable bonds is 8. The minimum absolute atomic E-state index is 0.239. The Morgan fingerprint density at radius 2 is 2.05 bits per heavy atom. The predicted octanol–water partition coefficient (Wildman–Crippen LogP) is 3.69. The van der Waals surface area contributed by atoms with E-state index in [0.29, 0.717) is 16.5 Å². The lowest BCUT2D eigenvalue weighted by atomic mass is 10.0. The molecule has 5 heteroatoms. The molecular formula is C14H20Cl2N2O. The zero-order valence-electron chi connectivity index (χ0n) is 11.1. The normalized spacial score (nSPS) is 12.4. The van der Waals surface area contributed by atoms with Gasteiger partial charge in [0.15, 0.2) is 0 Å². The van der Waals surface area contributed by atoms with E-state index in [4.69, 9.17) is 28.9 Å². The fourth-order valence-electron chi connectivity index (χ4n) is 1.93. The van der Waals surface area contributed by atoms with Crippen LogP contribution in [-0.4, -0.2) is 12.5 Å². The van der Waals surface area contributed by atoms with Crippen molar-refractivity contribution in [2.45, 2.75) is 38.6 Å². The van der Waals surface area contributed by atoms with Gasteiger partial charge in [-0.15, -0.1) is 0 Å². The van der Waals surface area contributed by atoms with Crippen molar-refractivity contribution in [2.24, 2.45) is 5.73 Å². The zero-order chi connectivity index (χ0) is 14.3. The highest BCUT2D eigenvalue weighted by molar-refractivity contribution is 6.42. The van der Waals surface area contributed by atoms with Crippen molar-refractivity contribution in [3.8, 4) is 0 Å². The number of halogens is 2. The molecule has 3 N–H and O–H groups in total. The van der Waals surface area contributed by atoms with E-state index < -0.39 is 0 Å². The largest absolute Gasteiger partial charge is 0.370 e. The summed E-state index contributed by atoms with van der Waals surface area (Å²) in [4.78, 5) is 10.6. The molecule has 0 spiro atoms. The fourth-order valence-corrected chi connectivity index (χ4v) is 2.23. The third-order valence-electron chi connectivity index (χ3n) is 2.99. The quantitative estimate of drug-likeness (QED) is 0.720. The molecule has 0 aliphatic carbocycles. The van der Waals surface area contributed by atoms with Gasteiger partial charge in [0.25, 0.3) is 0 Å². The van der Waals surface area contributed by atoms with Gasteiger partial charge in [-0.1, -0.05) is 36.2 Å². The van der Waals surface area contributed by atoms with Gasteiger partial charge >= 0.3 is 0 Å². The van der Waals surface area contributed by atoms with E-state index >= 15 is 0 Å². The Morgan fingerprint density at radius 1 is 1.32 bits per heavy atom. The molecule has 1 amide bonds. The van der Waals surface area contributed by atoms with Crippen LogP contribution in [-0.2, 0) is 4.79 Å². The van der Waals surface area contributed by atoms with Crippen molar-refractivity contribution in [3.63, 3.8) is 0 Å². The SMILES string of the molecule is CCC(NCCCCC(N)=O)c1ccc(Cl)c(Cl)c1. The lowest BCUT2D eigenvalue weighted by molar-refractivity contribution is -0.118. The van der Waals surface area contributed by atoms with Gasteiger partial charge in [0.05, 0.1) is 10.0 Å². The Hall–Kier alpha value is -0.770. The molecule has 0 heterocycles. The molecule has 106 valence electrons. The third-order valence-corrected chi connectivity index (χ3v) is 3.73. The number of benzene rings is 1. The number of unbranched alkanes of at least 4 members (excludes halogenated alkanes) is 1.